The van der Waals surface area contributed by atoms with Gasteiger partial charge in [-0.2, -0.15) is 0 Å². The van der Waals surface area contributed by atoms with E-state index in [9.17, 15) is 18.4 Å². The van der Waals surface area contributed by atoms with Crippen LogP contribution in [0.1, 0.15) is 29.7 Å². The molecule has 0 saturated carbocycles. The van der Waals surface area contributed by atoms with Crippen molar-refractivity contribution in [3.05, 3.63) is 169 Å². The summed E-state index contributed by atoms with van der Waals surface area (Å²) in [5.41, 5.74) is 3.88. The van der Waals surface area contributed by atoms with Crippen molar-refractivity contribution < 1.29 is 13.6 Å². The van der Waals surface area contributed by atoms with Gasteiger partial charge < -0.3 is 9.88 Å². The van der Waals surface area contributed by atoms with Crippen LogP contribution in [0.3, 0.4) is 0 Å². The Bertz CT molecular complexity index is 2300. The fourth-order valence-corrected chi connectivity index (χ4v) is 6.80. The number of carbonyl (C=O) groups excluding carboxylic acids is 1. The van der Waals surface area contributed by atoms with E-state index in [1.807, 2.05) is 59.3 Å². The molecule has 3 heterocycles. The maximum Gasteiger partial charge on any atom is 0.271 e. The van der Waals surface area contributed by atoms with Crippen LogP contribution in [0.25, 0.3) is 17.0 Å². The third-order valence-corrected chi connectivity index (χ3v) is 8.87. The number of halogens is 2. The van der Waals surface area contributed by atoms with Gasteiger partial charge in [0.2, 0.25) is 0 Å². The van der Waals surface area contributed by atoms with Gasteiger partial charge in [0, 0.05) is 33.9 Å². The minimum atomic E-state index is -0.824. The zero-order valence-electron chi connectivity index (χ0n) is 24.1. The Morgan fingerprint density at radius 1 is 0.933 bits per heavy atom. The third kappa shape index (κ3) is 5.32. The molecule has 1 amide bonds. The molecule has 222 valence electrons. The van der Waals surface area contributed by atoms with Crippen molar-refractivity contribution in [1.29, 1.82) is 0 Å². The molecule has 0 aliphatic carbocycles. The Balaban J connectivity index is 1.36. The van der Waals surface area contributed by atoms with Crippen molar-refractivity contribution in [3.8, 4) is 0 Å². The normalized spacial score (nSPS) is 14.8. The van der Waals surface area contributed by atoms with Crippen LogP contribution in [0, 0.1) is 11.6 Å². The van der Waals surface area contributed by atoms with Crippen LogP contribution in [0.4, 0.5) is 14.5 Å². The molecular weight excluding hydrogens is 590 g/mol. The van der Waals surface area contributed by atoms with Crippen LogP contribution < -0.4 is 20.2 Å². The molecule has 45 heavy (non-hydrogen) atoms. The van der Waals surface area contributed by atoms with E-state index in [-0.39, 0.29) is 11.4 Å². The number of fused-ring (bicyclic) bond motifs is 2. The second-order valence-corrected chi connectivity index (χ2v) is 11.8. The summed E-state index contributed by atoms with van der Waals surface area (Å²) in [5, 5.41) is 3.83. The van der Waals surface area contributed by atoms with Crippen LogP contribution in [-0.2, 0) is 11.3 Å². The van der Waals surface area contributed by atoms with Gasteiger partial charge in [-0.05, 0) is 55.0 Å². The predicted octanol–water partition coefficient (Wildman–Crippen LogP) is 6.16. The number of anilines is 1. The number of allylic oxidation sites excluding steroid dienone is 1. The summed E-state index contributed by atoms with van der Waals surface area (Å²) in [6.07, 6.45) is 3.73. The highest BCUT2D eigenvalue weighted by molar-refractivity contribution is 7.07. The number of rotatable bonds is 6. The number of amides is 1. The minimum absolute atomic E-state index is 0.284. The third-order valence-electron chi connectivity index (χ3n) is 7.89. The molecule has 0 saturated heterocycles. The quantitative estimate of drug-likeness (QED) is 0.244. The molecule has 0 fully saturated rings. The highest BCUT2D eigenvalue weighted by Gasteiger charge is 2.32. The molecule has 1 atom stereocenters. The number of benzene rings is 4. The Hall–Kier alpha value is -5.41. The number of hydrogen-bond donors (Lipinski definition) is 1. The zero-order chi connectivity index (χ0) is 31.1. The number of nitrogens with one attached hydrogen (secondary N) is 1. The molecule has 4 aromatic carbocycles. The average Bonchev–Trinajstić information content (AvgIpc) is 3.54. The van der Waals surface area contributed by atoms with Crippen LogP contribution in [0.5, 0.6) is 0 Å². The Morgan fingerprint density at radius 3 is 2.42 bits per heavy atom. The fraction of sp³-hybridized carbons (Fsp3) is 0.0833. The summed E-state index contributed by atoms with van der Waals surface area (Å²) >= 11 is 1.22. The lowest BCUT2D eigenvalue weighted by atomic mass is 9.95. The molecule has 1 aliphatic heterocycles. The van der Waals surface area contributed by atoms with Crippen LogP contribution >= 0.6 is 11.3 Å². The summed E-state index contributed by atoms with van der Waals surface area (Å²) < 4.78 is 32.4. The highest BCUT2D eigenvalue weighted by atomic mass is 32.1. The summed E-state index contributed by atoms with van der Waals surface area (Å²) in [5.74, 6) is -1.11. The number of hydrogen-bond acceptors (Lipinski definition) is 4. The first kappa shape index (κ1) is 28.4. The van der Waals surface area contributed by atoms with E-state index in [1.165, 1.54) is 34.1 Å². The fourth-order valence-electron chi connectivity index (χ4n) is 5.76. The van der Waals surface area contributed by atoms with Crippen LogP contribution in [0.2, 0.25) is 0 Å². The van der Waals surface area contributed by atoms with Crippen molar-refractivity contribution in [3.63, 3.8) is 0 Å². The summed E-state index contributed by atoms with van der Waals surface area (Å²) in [4.78, 5) is 33.0. The van der Waals surface area contributed by atoms with Gasteiger partial charge in [-0.1, -0.05) is 78.1 Å². The maximum atomic E-state index is 14.5. The van der Waals surface area contributed by atoms with Gasteiger partial charge in [0.25, 0.3) is 11.5 Å². The Labute approximate surface area is 260 Å². The SMILES string of the molecule is CC1=C(C(=O)Nc2ccccc2)C(c2ccc(F)cc2)n2c(sc(=Cc3cn(Cc4ccccc4F)c4ccccc34)c2=O)=N1. The van der Waals surface area contributed by atoms with Gasteiger partial charge in [-0.25, -0.2) is 13.8 Å². The average molecular weight is 617 g/mol. The lowest BCUT2D eigenvalue weighted by Crippen LogP contribution is -2.40. The molecule has 2 aromatic heterocycles. The van der Waals surface area contributed by atoms with Gasteiger partial charge in [0.1, 0.15) is 11.6 Å². The lowest BCUT2D eigenvalue weighted by molar-refractivity contribution is -0.113. The smallest absolute Gasteiger partial charge is 0.271 e. The maximum absolute atomic E-state index is 14.5. The van der Waals surface area contributed by atoms with E-state index in [0.717, 1.165) is 16.5 Å². The van der Waals surface area contributed by atoms with Crippen molar-refractivity contribution in [2.75, 3.05) is 5.32 Å². The number of thiazole rings is 1. The topological polar surface area (TPSA) is 68.4 Å². The van der Waals surface area contributed by atoms with Gasteiger partial charge in [0.15, 0.2) is 4.80 Å². The number of aromatic nitrogens is 2. The minimum Gasteiger partial charge on any atom is -0.342 e. The van der Waals surface area contributed by atoms with Crippen LogP contribution in [0.15, 0.2) is 130 Å². The van der Waals surface area contributed by atoms with Gasteiger partial charge >= 0.3 is 0 Å². The molecule has 1 aliphatic rings. The molecule has 1 unspecified atom stereocenters. The van der Waals surface area contributed by atoms with Crippen molar-refractivity contribution in [1.82, 2.24) is 9.13 Å². The molecule has 7 rings (SSSR count). The molecular formula is C36H26F2N4O2S. The molecule has 6 nitrogen and oxygen atoms in total. The Kier molecular flexibility index (Phi) is 7.31. The zero-order valence-corrected chi connectivity index (χ0v) is 24.9. The van der Waals surface area contributed by atoms with Gasteiger partial charge in [0.05, 0.1) is 28.4 Å². The second-order valence-electron chi connectivity index (χ2n) is 10.8. The molecule has 6 aromatic rings. The molecule has 0 spiro atoms. The second kappa shape index (κ2) is 11.6. The molecule has 9 heteroatoms. The number of carbonyl (C=O) groups is 1. The van der Waals surface area contributed by atoms with Crippen molar-refractivity contribution in [2.45, 2.75) is 19.5 Å². The van der Waals surface area contributed by atoms with Crippen molar-refractivity contribution >= 4 is 39.9 Å². The largest absolute Gasteiger partial charge is 0.342 e. The van der Waals surface area contributed by atoms with Crippen LogP contribution in [-0.4, -0.2) is 15.0 Å². The van der Waals surface area contributed by atoms with E-state index in [1.54, 1.807) is 49.4 Å². The van der Waals surface area contributed by atoms with E-state index in [4.69, 9.17) is 4.99 Å². The monoisotopic (exact) mass is 616 g/mol. The van der Waals surface area contributed by atoms with E-state index < -0.39 is 17.8 Å². The standard InChI is InChI=1S/C36H26F2N4O2S/c1-22-32(34(43)40-27-10-3-2-4-11-27)33(23-15-17-26(37)18-16-23)42-35(44)31(45-36(42)39-22)19-25-21-41(30-14-8-6-12-28(25)30)20-24-9-5-7-13-29(24)38/h2-19,21,33H,20H2,1H3,(H,40,43). The summed E-state index contributed by atoms with van der Waals surface area (Å²) in [6.45, 7) is 2.07. The first-order valence-electron chi connectivity index (χ1n) is 14.3. The van der Waals surface area contributed by atoms with E-state index >= 15 is 0 Å². The molecule has 0 radical (unpaired) electrons. The number of para-hydroxylation sites is 2. The summed E-state index contributed by atoms with van der Waals surface area (Å²) in [6, 6.07) is 28.5. The van der Waals surface area contributed by atoms with Gasteiger partial charge in [-0.3, -0.25) is 14.2 Å². The lowest BCUT2D eigenvalue weighted by Gasteiger charge is -2.25. The Morgan fingerprint density at radius 2 is 1.64 bits per heavy atom. The van der Waals surface area contributed by atoms with Crippen molar-refractivity contribution in [2.24, 2.45) is 4.99 Å². The molecule has 0 bridgehead atoms. The first-order chi connectivity index (χ1) is 21.9. The summed E-state index contributed by atoms with van der Waals surface area (Å²) in [7, 11) is 0. The van der Waals surface area contributed by atoms with E-state index in [2.05, 4.69) is 5.32 Å². The molecule has 1 N–H and O–H groups in total. The first-order valence-corrected chi connectivity index (χ1v) is 15.1. The highest BCUT2D eigenvalue weighted by Crippen LogP contribution is 2.31. The van der Waals surface area contributed by atoms with Gasteiger partial charge in [-0.15, -0.1) is 0 Å². The predicted molar refractivity (Wildman–Crippen MR) is 173 cm³/mol. The number of nitrogens with zero attached hydrogens (tertiary/aromatic N) is 3. The van der Waals surface area contributed by atoms with E-state index in [0.29, 0.717) is 44.0 Å².